The van der Waals surface area contributed by atoms with Crippen LogP contribution in [0.1, 0.15) is 59.0 Å². The van der Waals surface area contributed by atoms with E-state index in [0.29, 0.717) is 37.0 Å². The molecule has 29 heavy (non-hydrogen) atoms. The zero-order chi connectivity index (χ0) is 20.0. The molecule has 150 valence electrons. The first kappa shape index (κ1) is 17.9. The number of rotatable bonds is 4. The maximum atomic E-state index is 12.9. The van der Waals surface area contributed by atoms with Gasteiger partial charge in [-0.2, -0.15) is 0 Å². The quantitative estimate of drug-likeness (QED) is 0.709. The molecular weight excluding hydrogens is 370 g/mol. The summed E-state index contributed by atoms with van der Waals surface area (Å²) >= 11 is 0. The number of fused-ring (bicyclic) bond motifs is 1. The van der Waals surface area contributed by atoms with Gasteiger partial charge >= 0.3 is 0 Å². The van der Waals surface area contributed by atoms with Gasteiger partial charge in [-0.1, -0.05) is 6.92 Å². The molecule has 2 N–H and O–H groups in total. The zero-order valence-corrected chi connectivity index (χ0v) is 16.2. The van der Waals surface area contributed by atoms with Gasteiger partial charge in [0.2, 0.25) is 5.76 Å². The Hall–Kier alpha value is -3.16. The predicted molar refractivity (Wildman–Crippen MR) is 106 cm³/mol. The Morgan fingerprint density at radius 2 is 2.14 bits per heavy atom. The van der Waals surface area contributed by atoms with Gasteiger partial charge in [-0.05, 0) is 37.3 Å². The maximum Gasteiger partial charge on any atom is 0.288 e. The number of H-pyrrole nitrogens is 1. The first-order chi connectivity index (χ1) is 14.1. The lowest BCUT2D eigenvalue weighted by molar-refractivity contribution is 0.0625. The van der Waals surface area contributed by atoms with E-state index in [4.69, 9.17) is 4.42 Å². The van der Waals surface area contributed by atoms with Gasteiger partial charge in [-0.25, -0.2) is 4.98 Å². The Kier molecular flexibility index (Phi) is 4.34. The third kappa shape index (κ3) is 3.50. The average molecular weight is 393 g/mol. The van der Waals surface area contributed by atoms with Gasteiger partial charge in [0.1, 0.15) is 5.69 Å². The lowest BCUT2D eigenvalue weighted by Crippen LogP contribution is -2.51. The number of amides is 2. The van der Waals surface area contributed by atoms with Crippen LogP contribution in [0.2, 0.25) is 0 Å². The van der Waals surface area contributed by atoms with Crippen molar-refractivity contribution in [1.82, 2.24) is 25.2 Å². The summed E-state index contributed by atoms with van der Waals surface area (Å²) in [7, 11) is 0. The summed E-state index contributed by atoms with van der Waals surface area (Å²) in [6.45, 7) is 3.22. The fourth-order valence-electron chi connectivity index (χ4n) is 3.95. The Bertz CT molecular complexity index is 1030. The van der Waals surface area contributed by atoms with Crippen molar-refractivity contribution in [2.75, 3.05) is 13.1 Å². The molecule has 0 spiro atoms. The third-order valence-corrected chi connectivity index (χ3v) is 5.83. The van der Waals surface area contributed by atoms with E-state index in [-0.39, 0.29) is 29.5 Å². The summed E-state index contributed by atoms with van der Waals surface area (Å²) in [5.41, 5.74) is 1.47. The molecule has 3 aromatic heterocycles. The molecule has 2 atom stereocenters. The molecule has 3 aromatic rings. The number of oxazole rings is 1. The molecule has 1 saturated heterocycles. The van der Waals surface area contributed by atoms with Gasteiger partial charge in [-0.15, -0.1) is 0 Å². The van der Waals surface area contributed by atoms with Gasteiger partial charge in [0.25, 0.3) is 11.8 Å². The van der Waals surface area contributed by atoms with Crippen LogP contribution in [0, 0.1) is 5.92 Å². The highest BCUT2D eigenvalue weighted by atomic mass is 16.4. The molecule has 4 heterocycles. The van der Waals surface area contributed by atoms with Gasteiger partial charge in [-0.3, -0.25) is 14.6 Å². The van der Waals surface area contributed by atoms with Gasteiger partial charge < -0.3 is 19.6 Å². The van der Waals surface area contributed by atoms with E-state index in [1.807, 2.05) is 17.0 Å². The van der Waals surface area contributed by atoms with Crippen LogP contribution >= 0.6 is 0 Å². The minimum absolute atomic E-state index is 0.00654. The van der Waals surface area contributed by atoms with Crippen molar-refractivity contribution in [3.05, 3.63) is 48.1 Å². The fourth-order valence-corrected chi connectivity index (χ4v) is 3.95. The molecule has 2 aliphatic rings. The highest BCUT2D eigenvalue weighted by Gasteiger charge is 2.33. The number of aromatic nitrogens is 3. The number of carbonyl (C=O) groups is 2. The average Bonchev–Trinajstić information content (AvgIpc) is 3.29. The van der Waals surface area contributed by atoms with Crippen LogP contribution in [-0.2, 0) is 0 Å². The van der Waals surface area contributed by atoms with Crippen molar-refractivity contribution in [2.45, 2.75) is 38.1 Å². The number of hydrogen-bond donors (Lipinski definition) is 2. The number of pyridine rings is 1. The molecule has 0 bridgehead atoms. The number of piperidine rings is 1. The smallest absolute Gasteiger partial charge is 0.288 e. The minimum Gasteiger partial charge on any atom is -0.435 e. The summed E-state index contributed by atoms with van der Waals surface area (Å²) in [5.74, 6) is 1.19. The number of likely N-dealkylation sites (tertiary alicyclic amines) is 1. The second kappa shape index (κ2) is 7.02. The summed E-state index contributed by atoms with van der Waals surface area (Å²) in [6, 6.07) is 3.69. The summed E-state index contributed by atoms with van der Waals surface area (Å²) < 4.78 is 5.60. The Balaban J connectivity index is 1.21. The zero-order valence-electron chi connectivity index (χ0n) is 16.2. The van der Waals surface area contributed by atoms with Crippen LogP contribution in [0.25, 0.3) is 10.9 Å². The lowest BCUT2D eigenvalue weighted by Gasteiger charge is -2.37. The van der Waals surface area contributed by atoms with E-state index < -0.39 is 0 Å². The topological polar surface area (TPSA) is 104 Å². The van der Waals surface area contributed by atoms with Gasteiger partial charge in [0.15, 0.2) is 5.89 Å². The molecular formula is C21H23N5O3. The standard InChI is InChI=1S/C21H23N5O3/c1-12-11-26(21(28)17-8-14-9-22-6-4-16(14)24-17)7-5-15(12)25-19(27)18-10-23-20(29-18)13-2-3-13/h4,6,8-10,12-13,15,24H,2-3,5,7,11H2,1H3,(H,25,27). The maximum absolute atomic E-state index is 12.9. The van der Waals surface area contributed by atoms with Crippen LogP contribution in [0.5, 0.6) is 0 Å². The fraction of sp³-hybridized carbons (Fsp3) is 0.429. The highest BCUT2D eigenvalue weighted by Crippen LogP contribution is 2.39. The first-order valence-electron chi connectivity index (χ1n) is 10.1. The van der Waals surface area contributed by atoms with Crippen LogP contribution in [-0.4, -0.2) is 50.8 Å². The molecule has 2 unspecified atom stereocenters. The molecule has 0 radical (unpaired) electrons. The van der Waals surface area contributed by atoms with Crippen LogP contribution < -0.4 is 5.32 Å². The summed E-state index contributed by atoms with van der Waals surface area (Å²) in [6.07, 6.45) is 7.81. The van der Waals surface area contributed by atoms with E-state index in [1.165, 1.54) is 6.20 Å². The predicted octanol–water partition coefficient (Wildman–Crippen LogP) is 2.71. The SMILES string of the molecule is CC1CN(C(=O)c2cc3cnccc3[nH]2)CCC1NC(=O)c1cnc(C2CC2)o1. The number of hydrogen-bond acceptors (Lipinski definition) is 5. The number of aromatic amines is 1. The third-order valence-electron chi connectivity index (χ3n) is 5.83. The normalized spacial score (nSPS) is 22.0. The Morgan fingerprint density at radius 1 is 1.28 bits per heavy atom. The molecule has 1 aliphatic heterocycles. The van der Waals surface area contributed by atoms with Crippen molar-refractivity contribution in [2.24, 2.45) is 5.92 Å². The monoisotopic (exact) mass is 393 g/mol. The largest absolute Gasteiger partial charge is 0.435 e. The van der Waals surface area contributed by atoms with Crippen molar-refractivity contribution in [1.29, 1.82) is 0 Å². The second-order valence-corrected chi connectivity index (χ2v) is 8.08. The number of nitrogens with one attached hydrogen (secondary N) is 2. The van der Waals surface area contributed by atoms with E-state index in [1.54, 1.807) is 12.4 Å². The van der Waals surface area contributed by atoms with Crippen molar-refractivity contribution in [3.63, 3.8) is 0 Å². The van der Waals surface area contributed by atoms with Gasteiger partial charge in [0, 0.05) is 48.3 Å². The molecule has 2 amide bonds. The summed E-state index contributed by atoms with van der Waals surface area (Å²) in [5, 5.41) is 3.97. The van der Waals surface area contributed by atoms with Crippen LogP contribution in [0.3, 0.4) is 0 Å². The second-order valence-electron chi connectivity index (χ2n) is 8.08. The highest BCUT2D eigenvalue weighted by molar-refractivity contribution is 5.98. The number of carbonyl (C=O) groups excluding carboxylic acids is 2. The Morgan fingerprint density at radius 3 is 2.90 bits per heavy atom. The Labute approximate surface area is 167 Å². The van der Waals surface area contributed by atoms with E-state index in [9.17, 15) is 9.59 Å². The molecule has 8 heteroatoms. The van der Waals surface area contributed by atoms with Gasteiger partial charge in [0.05, 0.1) is 6.20 Å². The van der Waals surface area contributed by atoms with Crippen LogP contribution in [0.15, 0.2) is 35.1 Å². The van der Waals surface area contributed by atoms with Crippen LogP contribution in [0.4, 0.5) is 0 Å². The lowest BCUT2D eigenvalue weighted by atomic mass is 9.93. The van der Waals surface area contributed by atoms with E-state index in [2.05, 4.69) is 27.2 Å². The van der Waals surface area contributed by atoms with Crippen molar-refractivity contribution < 1.29 is 14.0 Å². The number of nitrogens with zero attached hydrogens (tertiary/aromatic N) is 3. The molecule has 0 aromatic carbocycles. The van der Waals surface area contributed by atoms with E-state index >= 15 is 0 Å². The van der Waals surface area contributed by atoms with Crippen molar-refractivity contribution >= 4 is 22.7 Å². The summed E-state index contributed by atoms with van der Waals surface area (Å²) in [4.78, 5) is 38.7. The molecule has 1 saturated carbocycles. The first-order valence-corrected chi connectivity index (χ1v) is 10.1. The molecule has 2 fully saturated rings. The minimum atomic E-state index is -0.232. The molecule has 5 rings (SSSR count). The van der Waals surface area contributed by atoms with Crippen molar-refractivity contribution in [3.8, 4) is 0 Å². The molecule has 8 nitrogen and oxygen atoms in total. The molecule has 1 aliphatic carbocycles. The van der Waals surface area contributed by atoms with E-state index in [0.717, 1.165) is 23.7 Å².